The van der Waals surface area contributed by atoms with Crippen LogP contribution in [-0.2, 0) is 10.3 Å². The van der Waals surface area contributed by atoms with E-state index >= 15 is 0 Å². The van der Waals surface area contributed by atoms with E-state index in [0.717, 1.165) is 19.3 Å². The van der Waals surface area contributed by atoms with Crippen molar-refractivity contribution in [2.24, 2.45) is 5.73 Å². The zero-order chi connectivity index (χ0) is 13.3. The minimum absolute atomic E-state index is 0.0757. The number of rotatable bonds is 3. The van der Waals surface area contributed by atoms with Crippen molar-refractivity contribution in [2.75, 3.05) is 14.2 Å². The van der Waals surface area contributed by atoms with Gasteiger partial charge in [-0.1, -0.05) is 0 Å². The number of ether oxygens (including phenoxy) is 2. The summed E-state index contributed by atoms with van der Waals surface area (Å²) in [5, 5.41) is 0. The lowest BCUT2D eigenvalue weighted by atomic mass is 9.72. The third-order valence-electron chi connectivity index (χ3n) is 3.47. The highest BCUT2D eigenvalue weighted by Crippen LogP contribution is 2.40. The van der Waals surface area contributed by atoms with E-state index in [-0.39, 0.29) is 11.3 Å². The summed E-state index contributed by atoms with van der Waals surface area (Å²) < 4.78 is 23.4. The van der Waals surface area contributed by atoms with Crippen LogP contribution in [0.1, 0.15) is 35.2 Å². The van der Waals surface area contributed by atoms with E-state index < -0.39 is 17.3 Å². The predicted octanol–water partition coefficient (Wildman–Crippen LogP) is 1.96. The van der Waals surface area contributed by atoms with Gasteiger partial charge in [-0.2, -0.15) is 0 Å². The third-order valence-corrected chi connectivity index (χ3v) is 3.47. The molecular formula is C13H16FNO3. The van der Waals surface area contributed by atoms with Gasteiger partial charge in [0.1, 0.15) is 5.56 Å². The fourth-order valence-corrected chi connectivity index (χ4v) is 2.20. The molecule has 0 saturated heterocycles. The average molecular weight is 253 g/mol. The van der Waals surface area contributed by atoms with E-state index in [4.69, 9.17) is 10.5 Å². The summed E-state index contributed by atoms with van der Waals surface area (Å²) in [7, 11) is 2.56. The monoisotopic (exact) mass is 253 g/mol. The predicted molar refractivity (Wildman–Crippen MR) is 64.0 cm³/mol. The molecule has 0 spiro atoms. The van der Waals surface area contributed by atoms with Crippen molar-refractivity contribution < 1.29 is 18.7 Å². The topological polar surface area (TPSA) is 61.5 Å². The smallest absolute Gasteiger partial charge is 0.341 e. The Labute approximate surface area is 105 Å². The second-order valence-corrected chi connectivity index (χ2v) is 4.54. The molecule has 1 aliphatic carbocycles. The van der Waals surface area contributed by atoms with Gasteiger partial charge in [-0.3, -0.25) is 0 Å². The molecule has 0 unspecified atom stereocenters. The number of nitrogens with two attached hydrogens (primary N) is 1. The standard InChI is InChI=1S/C13H16FNO3/c1-17-11-9(12(16)18-2)6-8(7-10(11)14)13(15)4-3-5-13/h6-7H,3-5,15H2,1-2H3. The van der Waals surface area contributed by atoms with Gasteiger partial charge in [0.15, 0.2) is 11.6 Å². The fourth-order valence-electron chi connectivity index (χ4n) is 2.20. The minimum atomic E-state index is -0.629. The quantitative estimate of drug-likeness (QED) is 0.836. The van der Waals surface area contributed by atoms with Crippen LogP contribution in [0.25, 0.3) is 0 Å². The zero-order valence-electron chi connectivity index (χ0n) is 10.5. The van der Waals surface area contributed by atoms with Crippen LogP contribution in [0.15, 0.2) is 12.1 Å². The number of halogens is 1. The Kier molecular flexibility index (Phi) is 3.26. The van der Waals surface area contributed by atoms with E-state index in [1.807, 2.05) is 0 Å². The van der Waals surface area contributed by atoms with Crippen molar-refractivity contribution in [1.82, 2.24) is 0 Å². The number of hydrogen-bond acceptors (Lipinski definition) is 4. The first-order chi connectivity index (χ1) is 8.51. The molecule has 5 heteroatoms. The molecule has 18 heavy (non-hydrogen) atoms. The Hall–Kier alpha value is -1.62. The summed E-state index contributed by atoms with van der Waals surface area (Å²) in [6.45, 7) is 0. The Morgan fingerprint density at radius 3 is 2.50 bits per heavy atom. The van der Waals surface area contributed by atoms with Crippen molar-refractivity contribution in [3.63, 3.8) is 0 Å². The van der Waals surface area contributed by atoms with Gasteiger partial charge in [0.2, 0.25) is 0 Å². The lowest BCUT2D eigenvalue weighted by molar-refractivity contribution is 0.0595. The SMILES string of the molecule is COC(=O)c1cc(C2(N)CCC2)cc(F)c1OC. The summed E-state index contributed by atoms with van der Waals surface area (Å²) in [6, 6.07) is 2.90. The summed E-state index contributed by atoms with van der Waals surface area (Å²) in [5.41, 5.74) is 6.30. The second kappa shape index (κ2) is 4.57. The van der Waals surface area contributed by atoms with Crippen LogP contribution in [0.5, 0.6) is 5.75 Å². The molecule has 0 aromatic heterocycles. The Morgan fingerprint density at radius 1 is 1.39 bits per heavy atom. The molecule has 2 rings (SSSR count). The summed E-state index contributed by atoms with van der Waals surface area (Å²) in [4.78, 5) is 11.6. The zero-order valence-corrected chi connectivity index (χ0v) is 10.5. The average Bonchev–Trinajstić information content (AvgIpc) is 2.33. The largest absolute Gasteiger partial charge is 0.493 e. The summed E-state index contributed by atoms with van der Waals surface area (Å²) in [6.07, 6.45) is 2.59. The van der Waals surface area contributed by atoms with Gasteiger partial charge in [0, 0.05) is 5.54 Å². The van der Waals surface area contributed by atoms with Gasteiger partial charge in [-0.25, -0.2) is 9.18 Å². The molecule has 1 aliphatic rings. The van der Waals surface area contributed by atoms with E-state index in [2.05, 4.69) is 4.74 Å². The molecule has 0 aliphatic heterocycles. The van der Waals surface area contributed by atoms with Gasteiger partial charge in [-0.15, -0.1) is 0 Å². The van der Waals surface area contributed by atoms with Crippen LogP contribution >= 0.6 is 0 Å². The molecule has 1 aromatic rings. The molecule has 0 radical (unpaired) electrons. The Bertz CT molecular complexity index is 483. The number of carbonyl (C=O) groups excluding carboxylic acids is 1. The molecule has 0 amide bonds. The molecule has 0 heterocycles. The Morgan fingerprint density at radius 2 is 2.06 bits per heavy atom. The molecule has 0 atom stereocenters. The van der Waals surface area contributed by atoms with Gasteiger partial charge < -0.3 is 15.2 Å². The van der Waals surface area contributed by atoms with Crippen LogP contribution in [-0.4, -0.2) is 20.2 Å². The summed E-state index contributed by atoms with van der Waals surface area (Å²) >= 11 is 0. The highest BCUT2D eigenvalue weighted by Gasteiger charge is 2.36. The maximum Gasteiger partial charge on any atom is 0.341 e. The minimum Gasteiger partial charge on any atom is -0.493 e. The van der Waals surface area contributed by atoms with Crippen molar-refractivity contribution in [2.45, 2.75) is 24.8 Å². The Balaban J connectivity index is 2.52. The molecular weight excluding hydrogens is 237 g/mol. The first-order valence-electron chi connectivity index (χ1n) is 5.77. The van der Waals surface area contributed by atoms with Crippen LogP contribution in [0.4, 0.5) is 4.39 Å². The van der Waals surface area contributed by atoms with E-state index in [1.165, 1.54) is 20.3 Å². The normalized spacial score (nSPS) is 16.9. The van der Waals surface area contributed by atoms with Crippen LogP contribution in [0.3, 0.4) is 0 Å². The number of methoxy groups -OCH3 is 2. The number of esters is 1. The van der Waals surface area contributed by atoms with Crippen molar-refractivity contribution >= 4 is 5.97 Å². The van der Waals surface area contributed by atoms with Gasteiger partial charge in [0.25, 0.3) is 0 Å². The van der Waals surface area contributed by atoms with Crippen LogP contribution in [0.2, 0.25) is 0 Å². The van der Waals surface area contributed by atoms with E-state index in [1.54, 1.807) is 6.07 Å². The molecule has 1 saturated carbocycles. The highest BCUT2D eigenvalue weighted by atomic mass is 19.1. The maximum absolute atomic E-state index is 13.9. The van der Waals surface area contributed by atoms with Crippen molar-refractivity contribution in [1.29, 1.82) is 0 Å². The second-order valence-electron chi connectivity index (χ2n) is 4.54. The third kappa shape index (κ3) is 1.95. The van der Waals surface area contributed by atoms with Gasteiger partial charge in [0.05, 0.1) is 14.2 Å². The maximum atomic E-state index is 13.9. The van der Waals surface area contributed by atoms with Crippen molar-refractivity contribution in [3.05, 3.63) is 29.1 Å². The molecule has 0 bridgehead atoms. The number of benzene rings is 1. The van der Waals surface area contributed by atoms with Gasteiger partial charge >= 0.3 is 5.97 Å². The summed E-state index contributed by atoms with van der Waals surface area (Å²) in [5.74, 6) is -1.32. The van der Waals surface area contributed by atoms with Crippen molar-refractivity contribution in [3.8, 4) is 5.75 Å². The molecule has 1 aromatic carbocycles. The molecule has 98 valence electrons. The first kappa shape index (κ1) is 12.8. The first-order valence-corrected chi connectivity index (χ1v) is 5.77. The highest BCUT2D eigenvalue weighted by molar-refractivity contribution is 5.92. The lowest BCUT2D eigenvalue weighted by Gasteiger charge is -2.38. The number of hydrogen-bond donors (Lipinski definition) is 1. The molecule has 4 nitrogen and oxygen atoms in total. The van der Waals surface area contributed by atoms with E-state index in [0.29, 0.717) is 5.56 Å². The molecule has 1 fully saturated rings. The lowest BCUT2D eigenvalue weighted by Crippen LogP contribution is -2.43. The van der Waals surface area contributed by atoms with Crippen LogP contribution in [0, 0.1) is 5.82 Å². The fraction of sp³-hybridized carbons (Fsp3) is 0.462. The number of carbonyl (C=O) groups is 1. The van der Waals surface area contributed by atoms with Gasteiger partial charge in [-0.05, 0) is 37.0 Å². The van der Waals surface area contributed by atoms with E-state index in [9.17, 15) is 9.18 Å². The molecule has 2 N–H and O–H groups in total. The van der Waals surface area contributed by atoms with Crippen LogP contribution < -0.4 is 10.5 Å².